The molecule has 0 aliphatic carbocycles. The van der Waals surface area contributed by atoms with E-state index in [-0.39, 0.29) is 22.7 Å². The zero-order valence-corrected chi connectivity index (χ0v) is 14.6. The highest BCUT2D eigenvalue weighted by atomic mass is 32.2. The lowest BCUT2D eigenvalue weighted by Crippen LogP contribution is -2.17. The molecule has 8 nitrogen and oxygen atoms in total. The number of ether oxygens (including phenoxy) is 1. The number of aromatic nitrogens is 1. The van der Waals surface area contributed by atoms with Crippen LogP contribution in [-0.4, -0.2) is 32.2 Å². The summed E-state index contributed by atoms with van der Waals surface area (Å²) in [6, 6.07) is 10.8. The molecule has 0 saturated carbocycles. The van der Waals surface area contributed by atoms with Gasteiger partial charge >= 0.3 is 5.76 Å². The molecule has 0 atom stereocenters. The Kier molecular flexibility index (Phi) is 4.81. The van der Waals surface area contributed by atoms with E-state index in [1.54, 1.807) is 24.3 Å². The molecule has 0 radical (unpaired) electrons. The molecule has 3 rings (SSSR count). The quantitative estimate of drug-likeness (QED) is 0.679. The van der Waals surface area contributed by atoms with Crippen molar-refractivity contribution < 1.29 is 22.4 Å². The summed E-state index contributed by atoms with van der Waals surface area (Å²) in [6.45, 7) is 0. The van der Waals surface area contributed by atoms with Crippen LogP contribution in [0.3, 0.4) is 0 Å². The molecule has 1 amide bonds. The largest absolute Gasteiger partial charge is 0.497 e. The molecular formula is C17H16N2O6S. The Hall–Kier alpha value is -3.07. The van der Waals surface area contributed by atoms with Gasteiger partial charge in [0.25, 0.3) is 0 Å². The molecule has 136 valence electrons. The summed E-state index contributed by atoms with van der Waals surface area (Å²) in [5, 5.41) is 2.63. The molecule has 0 saturated heterocycles. The summed E-state index contributed by atoms with van der Waals surface area (Å²) in [6.07, 6.45) is -0.214. The molecule has 0 aliphatic rings. The number of carbonyl (C=O) groups is 1. The van der Waals surface area contributed by atoms with Gasteiger partial charge in [-0.05, 0) is 24.3 Å². The van der Waals surface area contributed by atoms with Crippen molar-refractivity contribution in [2.75, 3.05) is 18.2 Å². The fourth-order valence-electron chi connectivity index (χ4n) is 2.39. The highest BCUT2D eigenvalue weighted by Crippen LogP contribution is 2.19. The van der Waals surface area contributed by atoms with Crippen LogP contribution in [0, 0.1) is 0 Å². The second-order valence-electron chi connectivity index (χ2n) is 5.52. The molecule has 0 unspecified atom stereocenters. The van der Waals surface area contributed by atoms with Gasteiger partial charge in [-0.3, -0.25) is 9.78 Å². The predicted molar refractivity (Wildman–Crippen MR) is 95.1 cm³/mol. The third-order valence-electron chi connectivity index (χ3n) is 3.70. The van der Waals surface area contributed by atoms with Crippen molar-refractivity contribution in [1.29, 1.82) is 0 Å². The van der Waals surface area contributed by atoms with Gasteiger partial charge in [-0.25, -0.2) is 13.2 Å². The number of rotatable bonds is 6. The van der Waals surface area contributed by atoms with E-state index in [9.17, 15) is 18.0 Å². The first-order valence-corrected chi connectivity index (χ1v) is 9.32. The van der Waals surface area contributed by atoms with Crippen molar-refractivity contribution in [2.24, 2.45) is 0 Å². The van der Waals surface area contributed by atoms with E-state index in [0.29, 0.717) is 17.0 Å². The number of anilines is 1. The number of oxazole rings is 1. The highest BCUT2D eigenvalue weighted by molar-refractivity contribution is 7.91. The van der Waals surface area contributed by atoms with Crippen molar-refractivity contribution in [1.82, 2.24) is 4.98 Å². The summed E-state index contributed by atoms with van der Waals surface area (Å²) in [4.78, 5) is 25.6. The first-order valence-electron chi connectivity index (χ1n) is 7.67. The van der Waals surface area contributed by atoms with E-state index in [1.807, 2.05) is 0 Å². The van der Waals surface area contributed by atoms with Crippen LogP contribution in [0.15, 0.2) is 56.6 Å². The average molecular weight is 376 g/mol. The fraction of sp³-hybridized carbons (Fsp3) is 0.176. The lowest BCUT2D eigenvalue weighted by atomic mass is 10.3. The summed E-state index contributed by atoms with van der Waals surface area (Å²) in [5.74, 6) is -0.886. The molecule has 0 bridgehead atoms. The molecule has 2 aromatic carbocycles. The van der Waals surface area contributed by atoms with E-state index < -0.39 is 21.5 Å². The minimum absolute atomic E-state index is 0.0121. The number of nitrogens with one attached hydrogen (secondary N) is 2. The first kappa shape index (κ1) is 17.7. The number of methoxy groups -OCH3 is 1. The second-order valence-corrected chi connectivity index (χ2v) is 7.63. The average Bonchev–Trinajstić information content (AvgIpc) is 2.99. The fourth-order valence-corrected chi connectivity index (χ4v) is 3.64. The SMILES string of the molecule is COc1cccc(NC(=O)CCS(=O)(=O)c2ccc3[nH]c(=O)oc3c2)c1. The number of aromatic amines is 1. The number of hydrogen-bond acceptors (Lipinski definition) is 6. The van der Waals surface area contributed by atoms with E-state index in [0.717, 1.165) is 0 Å². The van der Waals surface area contributed by atoms with Crippen LogP contribution in [0.25, 0.3) is 11.1 Å². The maximum atomic E-state index is 12.4. The number of H-pyrrole nitrogens is 1. The van der Waals surface area contributed by atoms with Gasteiger partial charge < -0.3 is 14.5 Å². The molecule has 3 aromatic rings. The lowest BCUT2D eigenvalue weighted by molar-refractivity contribution is -0.115. The van der Waals surface area contributed by atoms with Crippen molar-refractivity contribution in [2.45, 2.75) is 11.3 Å². The summed E-state index contributed by atoms with van der Waals surface area (Å²) >= 11 is 0. The van der Waals surface area contributed by atoms with Gasteiger partial charge in [-0.1, -0.05) is 6.07 Å². The van der Waals surface area contributed by atoms with Gasteiger partial charge in [0.1, 0.15) is 5.75 Å². The van der Waals surface area contributed by atoms with Crippen molar-refractivity contribution >= 4 is 32.5 Å². The van der Waals surface area contributed by atoms with Gasteiger partial charge in [0.15, 0.2) is 15.4 Å². The zero-order valence-electron chi connectivity index (χ0n) is 13.8. The Morgan fingerprint density at radius 1 is 1.23 bits per heavy atom. The van der Waals surface area contributed by atoms with Gasteiger partial charge in [-0.15, -0.1) is 0 Å². The number of amides is 1. The Morgan fingerprint density at radius 3 is 2.81 bits per heavy atom. The van der Waals surface area contributed by atoms with Crippen molar-refractivity contribution in [3.05, 3.63) is 53.0 Å². The highest BCUT2D eigenvalue weighted by Gasteiger charge is 2.18. The standard InChI is InChI=1S/C17H16N2O6S/c1-24-12-4-2-3-11(9-12)18-16(20)7-8-26(22,23)13-5-6-14-15(10-13)25-17(21)19-14/h2-6,9-10H,7-8H2,1H3,(H,18,20)(H,19,21). The van der Waals surface area contributed by atoms with E-state index >= 15 is 0 Å². The van der Waals surface area contributed by atoms with E-state index in [2.05, 4.69) is 10.3 Å². The molecule has 2 N–H and O–H groups in total. The van der Waals surface area contributed by atoms with Gasteiger partial charge in [-0.2, -0.15) is 0 Å². The Bertz CT molecular complexity index is 1110. The smallest absolute Gasteiger partial charge is 0.417 e. The zero-order chi connectivity index (χ0) is 18.7. The Morgan fingerprint density at radius 2 is 2.04 bits per heavy atom. The predicted octanol–water partition coefficient (Wildman–Crippen LogP) is 1.93. The van der Waals surface area contributed by atoms with Crippen LogP contribution < -0.4 is 15.8 Å². The molecule has 0 spiro atoms. The van der Waals surface area contributed by atoms with Crippen LogP contribution in [0.1, 0.15) is 6.42 Å². The molecule has 1 aromatic heterocycles. The molecule has 0 aliphatic heterocycles. The van der Waals surface area contributed by atoms with E-state index in [1.165, 1.54) is 25.3 Å². The third-order valence-corrected chi connectivity index (χ3v) is 5.42. The minimum Gasteiger partial charge on any atom is -0.497 e. The lowest BCUT2D eigenvalue weighted by Gasteiger charge is -2.07. The van der Waals surface area contributed by atoms with Gasteiger partial charge in [0, 0.05) is 24.2 Å². The van der Waals surface area contributed by atoms with E-state index in [4.69, 9.17) is 9.15 Å². The number of carbonyl (C=O) groups excluding carboxylic acids is 1. The molecule has 9 heteroatoms. The van der Waals surface area contributed by atoms with Crippen molar-refractivity contribution in [3.8, 4) is 5.75 Å². The molecular weight excluding hydrogens is 360 g/mol. The van der Waals surface area contributed by atoms with Crippen molar-refractivity contribution in [3.63, 3.8) is 0 Å². The summed E-state index contributed by atoms with van der Waals surface area (Å²) < 4.78 is 34.7. The molecule has 0 fully saturated rings. The normalized spacial score (nSPS) is 11.4. The van der Waals surface area contributed by atoms with Crippen LogP contribution in [0.2, 0.25) is 0 Å². The third kappa shape index (κ3) is 3.94. The van der Waals surface area contributed by atoms with Crippen LogP contribution in [0.5, 0.6) is 5.75 Å². The minimum atomic E-state index is -3.70. The topological polar surface area (TPSA) is 118 Å². The van der Waals surface area contributed by atoms with Gasteiger partial charge in [0.2, 0.25) is 5.91 Å². The number of hydrogen-bond donors (Lipinski definition) is 2. The summed E-state index contributed by atoms with van der Waals surface area (Å²) in [5.41, 5.74) is 1.07. The molecule has 1 heterocycles. The maximum absolute atomic E-state index is 12.4. The Balaban J connectivity index is 1.68. The second kappa shape index (κ2) is 7.04. The van der Waals surface area contributed by atoms with Crippen LogP contribution in [-0.2, 0) is 14.6 Å². The Labute approximate surface area is 148 Å². The van der Waals surface area contributed by atoms with Crippen LogP contribution >= 0.6 is 0 Å². The number of sulfone groups is 1. The monoisotopic (exact) mass is 376 g/mol. The molecule has 26 heavy (non-hydrogen) atoms. The number of fused-ring (bicyclic) bond motifs is 1. The summed E-state index contributed by atoms with van der Waals surface area (Å²) in [7, 11) is -2.19. The number of benzene rings is 2. The van der Waals surface area contributed by atoms with Crippen LogP contribution in [0.4, 0.5) is 5.69 Å². The van der Waals surface area contributed by atoms with Gasteiger partial charge in [0.05, 0.1) is 23.3 Å². The maximum Gasteiger partial charge on any atom is 0.417 e. The first-order chi connectivity index (χ1) is 12.4.